The Bertz CT molecular complexity index is 491. The molecule has 0 unspecified atom stereocenters. The predicted molar refractivity (Wildman–Crippen MR) is 57.4 cm³/mol. The molecular weight excluding hydrogens is 240 g/mol. The smallest absolute Gasteiger partial charge is 0.377 e. The van der Waals surface area contributed by atoms with Crippen LogP contribution in [0.2, 0.25) is 0 Å². The molecule has 1 N–H and O–H groups in total. The van der Waals surface area contributed by atoms with Crippen LogP contribution in [0.3, 0.4) is 0 Å². The molecule has 1 saturated heterocycles. The molecule has 96 valence electrons. The molecule has 0 aromatic carbocycles. The summed E-state index contributed by atoms with van der Waals surface area (Å²) >= 11 is 0. The maximum Gasteiger partial charge on any atom is 0.377 e. The van der Waals surface area contributed by atoms with Gasteiger partial charge in [-0.1, -0.05) is 0 Å². The van der Waals surface area contributed by atoms with Gasteiger partial charge in [-0.2, -0.15) is 0 Å². The number of ether oxygens (including phenoxy) is 3. The molecule has 0 saturated carbocycles. The molecule has 0 amide bonds. The third-order valence-corrected chi connectivity index (χ3v) is 2.95. The van der Waals surface area contributed by atoms with Crippen LogP contribution in [-0.4, -0.2) is 35.9 Å². The molecule has 1 aromatic rings. The minimum absolute atomic E-state index is 0.00889. The lowest BCUT2D eigenvalue weighted by molar-refractivity contribution is -0.265. The van der Waals surface area contributed by atoms with Crippen LogP contribution in [0.1, 0.15) is 17.5 Å². The van der Waals surface area contributed by atoms with Gasteiger partial charge in [0.25, 0.3) is 5.79 Å². The fourth-order valence-electron chi connectivity index (χ4n) is 2.02. The average Bonchev–Trinajstić information content (AvgIpc) is 2.98. The third-order valence-electron chi connectivity index (χ3n) is 2.95. The molecule has 0 radical (unpaired) electrons. The number of aliphatic hydroxyl groups is 1. The lowest BCUT2D eigenvalue weighted by atomic mass is 10.1. The maximum atomic E-state index is 11.7. The van der Waals surface area contributed by atoms with E-state index in [9.17, 15) is 9.90 Å². The zero-order valence-corrected chi connectivity index (χ0v) is 9.66. The summed E-state index contributed by atoms with van der Waals surface area (Å²) in [6.07, 6.45) is 1.61. The Morgan fingerprint density at radius 1 is 1.61 bits per heavy atom. The Morgan fingerprint density at radius 3 is 3.17 bits per heavy atom. The van der Waals surface area contributed by atoms with E-state index in [-0.39, 0.29) is 11.9 Å². The first-order valence-corrected chi connectivity index (χ1v) is 5.54. The van der Waals surface area contributed by atoms with Crippen molar-refractivity contribution in [2.75, 3.05) is 6.61 Å². The van der Waals surface area contributed by atoms with E-state index in [0.717, 1.165) is 5.57 Å². The zero-order valence-electron chi connectivity index (χ0n) is 9.66. The summed E-state index contributed by atoms with van der Waals surface area (Å²) in [6, 6.07) is 3.01. The minimum Gasteiger partial charge on any atom is -0.457 e. The highest BCUT2D eigenvalue weighted by Gasteiger charge is 2.50. The number of carbonyl (C=O) groups excluding carboxylic acids is 1. The molecule has 1 aromatic heterocycles. The summed E-state index contributed by atoms with van der Waals surface area (Å²) in [5.74, 6) is -2.68. The zero-order chi connectivity index (χ0) is 12.8. The van der Waals surface area contributed by atoms with E-state index in [1.54, 1.807) is 13.0 Å². The van der Waals surface area contributed by atoms with Crippen molar-refractivity contribution in [3.8, 4) is 0 Å². The summed E-state index contributed by atoms with van der Waals surface area (Å²) in [7, 11) is 0. The molecule has 18 heavy (non-hydrogen) atoms. The number of furan rings is 1. The molecule has 3 atom stereocenters. The van der Waals surface area contributed by atoms with Crippen LogP contribution in [-0.2, 0) is 14.2 Å². The van der Waals surface area contributed by atoms with Gasteiger partial charge in [-0.3, -0.25) is 0 Å². The molecule has 1 fully saturated rings. The van der Waals surface area contributed by atoms with E-state index < -0.39 is 18.0 Å². The fraction of sp³-hybridized carbons (Fsp3) is 0.417. The van der Waals surface area contributed by atoms with Crippen LogP contribution in [0.15, 0.2) is 34.5 Å². The highest BCUT2D eigenvalue weighted by molar-refractivity contribution is 5.86. The first-order valence-electron chi connectivity index (χ1n) is 5.54. The van der Waals surface area contributed by atoms with Crippen molar-refractivity contribution in [2.45, 2.75) is 25.1 Å². The van der Waals surface area contributed by atoms with Crippen LogP contribution < -0.4 is 0 Å². The summed E-state index contributed by atoms with van der Waals surface area (Å²) in [5, 5.41) is 10.3. The van der Waals surface area contributed by atoms with Gasteiger partial charge < -0.3 is 23.7 Å². The summed E-state index contributed by atoms with van der Waals surface area (Å²) in [6.45, 7) is 2.12. The second kappa shape index (κ2) is 3.94. The van der Waals surface area contributed by atoms with Crippen molar-refractivity contribution in [3.63, 3.8) is 0 Å². The maximum absolute atomic E-state index is 11.7. The van der Waals surface area contributed by atoms with Crippen molar-refractivity contribution < 1.29 is 28.5 Å². The normalized spacial score (nSPS) is 34.2. The topological polar surface area (TPSA) is 78.1 Å². The Hall–Kier alpha value is -1.63. The monoisotopic (exact) mass is 252 g/mol. The Balaban J connectivity index is 1.83. The van der Waals surface area contributed by atoms with Gasteiger partial charge >= 0.3 is 5.97 Å². The van der Waals surface area contributed by atoms with Gasteiger partial charge in [0, 0.05) is 0 Å². The van der Waals surface area contributed by atoms with Crippen molar-refractivity contribution in [3.05, 3.63) is 35.8 Å². The van der Waals surface area contributed by atoms with Crippen molar-refractivity contribution in [2.24, 2.45) is 0 Å². The lowest BCUT2D eigenvalue weighted by Gasteiger charge is -2.32. The van der Waals surface area contributed by atoms with Gasteiger partial charge in [-0.25, -0.2) is 4.79 Å². The quantitative estimate of drug-likeness (QED) is 0.477. The lowest BCUT2D eigenvalue weighted by Crippen LogP contribution is -2.48. The van der Waals surface area contributed by atoms with E-state index in [1.807, 2.05) is 0 Å². The highest BCUT2D eigenvalue weighted by atomic mass is 16.8. The van der Waals surface area contributed by atoms with Crippen LogP contribution >= 0.6 is 0 Å². The molecule has 0 spiro atoms. The molecular formula is C12H12O6. The Kier molecular flexibility index (Phi) is 2.51. The predicted octanol–water partition coefficient (Wildman–Crippen LogP) is 0.826. The minimum atomic E-state index is -1.92. The van der Waals surface area contributed by atoms with E-state index in [1.165, 1.54) is 18.4 Å². The summed E-state index contributed by atoms with van der Waals surface area (Å²) < 4.78 is 20.6. The highest BCUT2D eigenvalue weighted by Crippen LogP contribution is 2.35. The van der Waals surface area contributed by atoms with Gasteiger partial charge in [0.15, 0.2) is 0 Å². The molecule has 2 bridgehead atoms. The van der Waals surface area contributed by atoms with E-state index in [4.69, 9.17) is 18.6 Å². The van der Waals surface area contributed by atoms with Gasteiger partial charge in [-0.15, -0.1) is 0 Å². The molecule has 2 aliphatic heterocycles. The van der Waals surface area contributed by atoms with Crippen molar-refractivity contribution in [1.29, 1.82) is 0 Å². The number of hydrogen-bond donors (Lipinski definition) is 1. The van der Waals surface area contributed by atoms with E-state index >= 15 is 0 Å². The van der Waals surface area contributed by atoms with Crippen LogP contribution in [0.4, 0.5) is 0 Å². The molecule has 6 heteroatoms. The SMILES string of the molecule is CC1=C[C@@](O)(OC(=O)c2ccco2)[C@@H]2OC[C@H]1O2. The first-order chi connectivity index (χ1) is 8.58. The molecule has 3 heterocycles. The van der Waals surface area contributed by atoms with Gasteiger partial charge in [0.05, 0.1) is 12.9 Å². The molecule has 2 aliphatic rings. The van der Waals surface area contributed by atoms with Gasteiger partial charge in [0.2, 0.25) is 12.1 Å². The fourth-order valence-corrected chi connectivity index (χ4v) is 2.02. The molecule has 3 rings (SSSR count). The number of carbonyl (C=O) groups is 1. The third kappa shape index (κ3) is 1.74. The number of fused-ring (bicyclic) bond motifs is 2. The molecule has 6 nitrogen and oxygen atoms in total. The average molecular weight is 252 g/mol. The van der Waals surface area contributed by atoms with Crippen molar-refractivity contribution in [1.82, 2.24) is 0 Å². The number of hydrogen-bond acceptors (Lipinski definition) is 6. The second-order valence-electron chi connectivity index (χ2n) is 4.30. The standard InChI is InChI=1S/C12H12O6/c1-7-5-12(14,11-16-6-9(7)17-11)18-10(13)8-3-2-4-15-8/h2-5,9,11,14H,6H2,1H3/t9-,11-,12-/m1/s1. The van der Waals surface area contributed by atoms with Crippen molar-refractivity contribution >= 4 is 5.97 Å². The van der Waals surface area contributed by atoms with Gasteiger partial charge in [-0.05, 0) is 30.7 Å². The van der Waals surface area contributed by atoms with Crippen LogP contribution in [0.25, 0.3) is 0 Å². The Morgan fingerprint density at radius 2 is 2.44 bits per heavy atom. The van der Waals surface area contributed by atoms with Crippen LogP contribution in [0.5, 0.6) is 0 Å². The van der Waals surface area contributed by atoms with E-state index in [2.05, 4.69) is 0 Å². The first kappa shape index (κ1) is 11.5. The van der Waals surface area contributed by atoms with Gasteiger partial charge in [0.1, 0.15) is 6.10 Å². The summed E-state index contributed by atoms with van der Waals surface area (Å²) in [5.41, 5.74) is 0.762. The Labute approximate surface area is 103 Å². The van der Waals surface area contributed by atoms with Crippen LogP contribution in [0, 0.1) is 0 Å². The number of rotatable bonds is 2. The molecule has 0 aliphatic carbocycles. The number of esters is 1. The second-order valence-corrected chi connectivity index (χ2v) is 4.30. The van der Waals surface area contributed by atoms with E-state index in [0.29, 0.717) is 6.61 Å². The largest absolute Gasteiger partial charge is 0.457 e. The summed E-state index contributed by atoms with van der Waals surface area (Å²) in [4.78, 5) is 11.7.